The molecule has 3 aromatic carbocycles. The fraction of sp³-hybridized carbons (Fsp3) is 0.130. The highest BCUT2D eigenvalue weighted by atomic mass is 32.2. The van der Waals surface area contributed by atoms with Crippen LogP contribution >= 0.6 is 0 Å². The van der Waals surface area contributed by atoms with E-state index in [1.54, 1.807) is 42.5 Å². The smallest absolute Gasteiger partial charge is 0.335 e. The molecule has 0 aliphatic carbocycles. The van der Waals surface area contributed by atoms with E-state index in [1.807, 2.05) is 6.07 Å². The zero-order valence-electron chi connectivity index (χ0n) is 16.3. The maximum atomic E-state index is 12.6. The zero-order valence-corrected chi connectivity index (χ0v) is 17.1. The average molecular weight is 423 g/mol. The minimum absolute atomic E-state index is 0.0800. The summed E-state index contributed by atoms with van der Waals surface area (Å²) in [5, 5.41) is 8.96. The molecule has 3 aromatic rings. The van der Waals surface area contributed by atoms with Crippen LogP contribution in [-0.2, 0) is 22.9 Å². The second-order valence-electron chi connectivity index (χ2n) is 6.89. The number of ketones is 1. The second-order valence-corrected chi connectivity index (χ2v) is 8.57. The highest BCUT2D eigenvalue weighted by Crippen LogP contribution is 2.19. The van der Waals surface area contributed by atoms with Gasteiger partial charge >= 0.3 is 5.97 Å². The van der Waals surface area contributed by atoms with Crippen LogP contribution < -0.4 is 4.72 Å². The van der Waals surface area contributed by atoms with Crippen LogP contribution in [0.3, 0.4) is 0 Å². The van der Waals surface area contributed by atoms with Crippen molar-refractivity contribution in [3.63, 3.8) is 0 Å². The summed E-state index contributed by atoms with van der Waals surface area (Å²) in [4.78, 5) is 22.4. The number of hydrogen-bond acceptors (Lipinski definition) is 4. The molecule has 0 aliphatic heterocycles. The molecular formula is C23H21NO5S. The van der Waals surface area contributed by atoms with Gasteiger partial charge in [0, 0.05) is 11.3 Å². The molecule has 7 heteroatoms. The summed E-state index contributed by atoms with van der Waals surface area (Å²) in [5.41, 5.74) is 3.09. The lowest BCUT2D eigenvalue weighted by Gasteiger charge is -2.10. The number of Topliss-reactive ketones (excluding diaryl/α,β-unsaturated/α-hetero) is 1. The number of benzene rings is 3. The number of carboxylic acids is 1. The Balaban J connectivity index is 1.68. The number of aryl methyl sites for hydroxylation is 2. The van der Waals surface area contributed by atoms with E-state index in [0.29, 0.717) is 24.1 Å². The van der Waals surface area contributed by atoms with E-state index in [9.17, 15) is 18.0 Å². The molecule has 3 rings (SSSR count). The molecule has 0 unspecified atom stereocenters. The summed E-state index contributed by atoms with van der Waals surface area (Å²) in [6.07, 6.45) is 1.37. The number of sulfonamides is 1. The number of nitrogens with one attached hydrogen (secondary N) is 1. The van der Waals surface area contributed by atoms with Crippen molar-refractivity contribution < 1.29 is 23.1 Å². The quantitative estimate of drug-likeness (QED) is 0.530. The first-order chi connectivity index (χ1) is 14.2. The van der Waals surface area contributed by atoms with Gasteiger partial charge in [0.05, 0.1) is 10.5 Å². The lowest BCUT2D eigenvalue weighted by atomic mass is 10.0. The SMILES string of the molecule is CC(=O)c1ccc(S(=O)(=O)Nc2cccc(CCc3ccc(C(=O)O)cc3)c2)cc1. The maximum absolute atomic E-state index is 12.6. The molecule has 0 saturated carbocycles. The Hall–Kier alpha value is -3.45. The molecule has 0 heterocycles. The Morgan fingerprint density at radius 1 is 0.833 bits per heavy atom. The van der Waals surface area contributed by atoms with E-state index in [1.165, 1.54) is 31.2 Å². The number of anilines is 1. The largest absolute Gasteiger partial charge is 0.478 e. The monoisotopic (exact) mass is 423 g/mol. The molecule has 0 spiro atoms. The Morgan fingerprint density at radius 2 is 1.43 bits per heavy atom. The first-order valence-corrected chi connectivity index (χ1v) is 10.8. The molecule has 0 atom stereocenters. The van der Waals surface area contributed by atoms with E-state index < -0.39 is 16.0 Å². The summed E-state index contributed by atoms with van der Waals surface area (Å²) >= 11 is 0. The molecule has 0 saturated heterocycles. The Labute approximate surface area is 175 Å². The van der Waals surface area contributed by atoms with Crippen molar-refractivity contribution in [1.82, 2.24) is 0 Å². The van der Waals surface area contributed by atoms with Gasteiger partial charge in [0.25, 0.3) is 10.0 Å². The van der Waals surface area contributed by atoms with Crippen LogP contribution in [0.1, 0.15) is 38.8 Å². The molecule has 0 fully saturated rings. The van der Waals surface area contributed by atoms with Gasteiger partial charge in [-0.25, -0.2) is 13.2 Å². The summed E-state index contributed by atoms with van der Waals surface area (Å²) in [7, 11) is -3.77. The fourth-order valence-electron chi connectivity index (χ4n) is 2.98. The van der Waals surface area contributed by atoms with Gasteiger partial charge in [0.1, 0.15) is 0 Å². The third-order valence-corrected chi connectivity index (χ3v) is 6.05. The molecule has 30 heavy (non-hydrogen) atoms. The van der Waals surface area contributed by atoms with Crippen molar-refractivity contribution in [3.05, 3.63) is 95.1 Å². The second kappa shape index (κ2) is 8.92. The van der Waals surface area contributed by atoms with Gasteiger partial charge in [-0.3, -0.25) is 9.52 Å². The normalized spacial score (nSPS) is 11.1. The van der Waals surface area contributed by atoms with Gasteiger partial charge in [-0.1, -0.05) is 36.4 Å². The van der Waals surface area contributed by atoms with Crippen molar-refractivity contribution in [3.8, 4) is 0 Å². The summed E-state index contributed by atoms with van der Waals surface area (Å²) in [5.74, 6) is -1.09. The van der Waals surface area contributed by atoms with Crippen molar-refractivity contribution >= 4 is 27.5 Å². The van der Waals surface area contributed by atoms with Crippen LogP contribution in [0.2, 0.25) is 0 Å². The van der Waals surface area contributed by atoms with Gasteiger partial charge in [0.15, 0.2) is 5.78 Å². The summed E-state index contributed by atoms with van der Waals surface area (Å²) < 4.78 is 27.8. The van der Waals surface area contributed by atoms with Crippen molar-refractivity contribution in [2.75, 3.05) is 4.72 Å². The molecule has 0 aromatic heterocycles. The minimum Gasteiger partial charge on any atom is -0.478 e. The predicted octanol–water partition coefficient (Wildman–Crippen LogP) is 4.17. The zero-order chi connectivity index (χ0) is 21.7. The third-order valence-electron chi connectivity index (χ3n) is 4.65. The van der Waals surface area contributed by atoms with E-state index in [0.717, 1.165) is 11.1 Å². The molecule has 0 radical (unpaired) electrons. The van der Waals surface area contributed by atoms with Crippen molar-refractivity contribution in [2.24, 2.45) is 0 Å². The Bertz CT molecular complexity index is 1170. The summed E-state index contributed by atoms with van der Waals surface area (Å²) in [6, 6.07) is 19.6. The van der Waals surface area contributed by atoms with E-state index >= 15 is 0 Å². The van der Waals surface area contributed by atoms with Gasteiger partial charge in [-0.15, -0.1) is 0 Å². The molecule has 2 N–H and O–H groups in total. The van der Waals surface area contributed by atoms with Gasteiger partial charge in [-0.2, -0.15) is 0 Å². The average Bonchev–Trinajstić information content (AvgIpc) is 2.72. The minimum atomic E-state index is -3.77. The van der Waals surface area contributed by atoms with Crippen LogP contribution in [0.25, 0.3) is 0 Å². The first kappa shape index (κ1) is 21.3. The number of carbonyl (C=O) groups excluding carboxylic acids is 1. The first-order valence-electron chi connectivity index (χ1n) is 9.29. The van der Waals surface area contributed by atoms with Crippen LogP contribution in [0.5, 0.6) is 0 Å². The third kappa shape index (κ3) is 5.33. The van der Waals surface area contributed by atoms with Crippen LogP contribution in [0.15, 0.2) is 77.7 Å². The molecular weight excluding hydrogens is 402 g/mol. The van der Waals surface area contributed by atoms with Crippen molar-refractivity contribution in [1.29, 1.82) is 0 Å². The maximum Gasteiger partial charge on any atom is 0.335 e. The molecule has 6 nitrogen and oxygen atoms in total. The molecule has 0 aliphatic rings. The van der Waals surface area contributed by atoms with Gasteiger partial charge in [0.2, 0.25) is 0 Å². The highest BCUT2D eigenvalue weighted by Gasteiger charge is 2.15. The predicted molar refractivity (Wildman–Crippen MR) is 115 cm³/mol. The van der Waals surface area contributed by atoms with Crippen molar-refractivity contribution in [2.45, 2.75) is 24.7 Å². The van der Waals surface area contributed by atoms with Gasteiger partial charge < -0.3 is 5.11 Å². The standard InChI is InChI=1S/C23H21NO5S/c1-16(25)19-11-13-22(14-12-19)30(28,29)24-21-4-2-3-18(15-21)6-5-17-7-9-20(10-8-17)23(26)27/h2-4,7-15,24H,5-6H2,1H3,(H,26,27). The Kier molecular flexibility index (Phi) is 6.32. The number of aromatic carboxylic acids is 1. The molecule has 0 bridgehead atoms. The number of carboxylic acid groups (broad SMARTS) is 1. The fourth-order valence-corrected chi connectivity index (χ4v) is 4.03. The van der Waals surface area contributed by atoms with Crippen LogP contribution in [-0.4, -0.2) is 25.3 Å². The number of rotatable bonds is 8. The number of carbonyl (C=O) groups is 2. The lowest BCUT2D eigenvalue weighted by molar-refractivity contribution is 0.0696. The Morgan fingerprint density at radius 3 is 2.03 bits per heavy atom. The molecule has 154 valence electrons. The van der Waals surface area contributed by atoms with Crippen LogP contribution in [0, 0.1) is 0 Å². The summed E-state index contributed by atoms with van der Waals surface area (Å²) in [6.45, 7) is 1.42. The number of hydrogen-bond donors (Lipinski definition) is 2. The highest BCUT2D eigenvalue weighted by molar-refractivity contribution is 7.92. The molecule has 0 amide bonds. The van der Waals surface area contributed by atoms with E-state index in [2.05, 4.69) is 4.72 Å². The van der Waals surface area contributed by atoms with E-state index in [-0.39, 0.29) is 16.2 Å². The van der Waals surface area contributed by atoms with Gasteiger partial charge in [-0.05, 0) is 67.3 Å². The van der Waals surface area contributed by atoms with Crippen LogP contribution in [0.4, 0.5) is 5.69 Å². The lowest BCUT2D eigenvalue weighted by Crippen LogP contribution is -2.13. The van der Waals surface area contributed by atoms with E-state index in [4.69, 9.17) is 5.11 Å². The topological polar surface area (TPSA) is 101 Å².